The van der Waals surface area contributed by atoms with Gasteiger partial charge >= 0.3 is 6.03 Å². The highest BCUT2D eigenvalue weighted by Crippen LogP contribution is 2.18. The molecule has 0 radical (unpaired) electrons. The summed E-state index contributed by atoms with van der Waals surface area (Å²) in [4.78, 5) is 16.0. The lowest BCUT2D eigenvalue weighted by Gasteiger charge is -2.26. The first kappa shape index (κ1) is 12.8. The maximum atomic E-state index is 11.8. The summed E-state index contributed by atoms with van der Waals surface area (Å²) in [6.45, 7) is 2.59. The molecule has 1 saturated heterocycles. The van der Waals surface area contributed by atoms with Crippen LogP contribution >= 0.6 is 0 Å². The van der Waals surface area contributed by atoms with E-state index in [-0.39, 0.29) is 12.6 Å². The van der Waals surface area contributed by atoms with Crippen LogP contribution in [0.15, 0.2) is 18.2 Å². The number of aliphatic hydroxyl groups excluding tert-OH is 1. The summed E-state index contributed by atoms with van der Waals surface area (Å²) in [6, 6.07) is 5.00. The number of hydrogen-bond donors (Lipinski definition) is 3. The van der Waals surface area contributed by atoms with Gasteiger partial charge in [0, 0.05) is 12.3 Å². The first-order chi connectivity index (χ1) is 8.63. The quantitative estimate of drug-likeness (QED) is 0.737. The zero-order valence-corrected chi connectivity index (χ0v) is 10.3. The summed E-state index contributed by atoms with van der Waals surface area (Å²) >= 11 is 0. The first-order valence-electron chi connectivity index (χ1n) is 5.85. The number of amides is 2. The molecule has 3 N–H and O–H groups in total. The van der Waals surface area contributed by atoms with Gasteiger partial charge in [0.2, 0.25) is 0 Å². The molecule has 1 aromatic heterocycles. The van der Waals surface area contributed by atoms with Gasteiger partial charge < -0.3 is 15.2 Å². The Bertz CT molecular complexity index is 430. The molecule has 0 saturated carbocycles. The van der Waals surface area contributed by atoms with Crippen LogP contribution < -0.4 is 10.6 Å². The summed E-state index contributed by atoms with van der Waals surface area (Å²) in [5, 5.41) is 14.7. The van der Waals surface area contributed by atoms with E-state index in [0.717, 1.165) is 5.69 Å². The fourth-order valence-electron chi connectivity index (χ4n) is 1.87. The van der Waals surface area contributed by atoms with E-state index in [1.807, 2.05) is 19.1 Å². The highest BCUT2D eigenvalue weighted by atomic mass is 16.5. The molecule has 6 heteroatoms. The fourth-order valence-corrected chi connectivity index (χ4v) is 1.87. The van der Waals surface area contributed by atoms with Crippen molar-refractivity contribution in [3.63, 3.8) is 0 Å². The third-order valence-electron chi connectivity index (χ3n) is 2.91. The van der Waals surface area contributed by atoms with E-state index in [1.54, 1.807) is 6.07 Å². The molecule has 18 heavy (non-hydrogen) atoms. The third-order valence-corrected chi connectivity index (χ3v) is 2.91. The third kappa shape index (κ3) is 2.96. The molecule has 1 aromatic rings. The molecular formula is C12H17N3O3. The molecule has 1 atom stereocenters. The van der Waals surface area contributed by atoms with Crippen LogP contribution in [-0.2, 0) is 4.74 Å². The van der Waals surface area contributed by atoms with Gasteiger partial charge in [-0.3, -0.25) is 5.32 Å². The van der Waals surface area contributed by atoms with E-state index in [4.69, 9.17) is 4.74 Å². The number of aromatic nitrogens is 1. The van der Waals surface area contributed by atoms with Gasteiger partial charge in [-0.2, -0.15) is 0 Å². The van der Waals surface area contributed by atoms with Crippen LogP contribution in [0.1, 0.15) is 12.1 Å². The van der Waals surface area contributed by atoms with Crippen molar-refractivity contribution in [2.45, 2.75) is 18.9 Å². The number of anilines is 1. The Morgan fingerprint density at radius 2 is 2.44 bits per heavy atom. The predicted octanol–water partition coefficient (Wildman–Crippen LogP) is 0.663. The molecule has 0 spiro atoms. The van der Waals surface area contributed by atoms with Crippen molar-refractivity contribution in [1.29, 1.82) is 0 Å². The monoisotopic (exact) mass is 251 g/mol. The fraction of sp³-hybridized carbons (Fsp3) is 0.500. The maximum Gasteiger partial charge on any atom is 0.320 e. The van der Waals surface area contributed by atoms with Crippen molar-refractivity contribution in [2.24, 2.45) is 0 Å². The minimum Gasteiger partial charge on any atom is -0.394 e. The lowest BCUT2D eigenvalue weighted by atomic mass is 10.0. The molecule has 1 aliphatic heterocycles. The summed E-state index contributed by atoms with van der Waals surface area (Å²) in [5.74, 6) is 0.486. The van der Waals surface area contributed by atoms with E-state index in [2.05, 4.69) is 15.6 Å². The number of nitrogens with zero attached hydrogens (tertiary/aromatic N) is 1. The summed E-state index contributed by atoms with van der Waals surface area (Å²) < 4.78 is 5.20. The van der Waals surface area contributed by atoms with Crippen LogP contribution in [0.3, 0.4) is 0 Å². The summed E-state index contributed by atoms with van der Waals surface area (Å²) in [6.07, 6.45) is 0.609. The second kappa shape index (κ2) is 5.32. The zero-order chi connectivity index (χ0) is 13.0. The van der Waals surface area contributed by atoms with Crippen LogP contribution in [0.2, 0.25) is 0 Å². The van der Waals surface area contributed by atoms with E-state index >= 15 is 0 Å². The standard InChI is InChI=1S/C12H17N3O3/c1-9-3-2-4-10(13-9)14-11(17)15-12(7-16)5-6-18-8-12/h2-4,16H,5-8H2,1H3,(H2,13,14,15,17). The van der Waals surface area contributed by atoms with Crippen LogP contribution in [0.4, 0.5) is 10.6 Å². The summed E-state index contributed by atoms with van der Waals surface area (Å²) in [5.41, 5.74) is 0.155. The average molecular weight is 251 g/mol. The molecule has 1 aliphatic rings. The molecule has 0 bridgehead atoms. The van der Waals surface area contributed by atoms with Gasteiger partial charge in [-0.25, -0.2) is 9.78 Å². The minimum absolute atomic E-state index is 0.137. The molecule has 2 rings (SSSR count). The SMILES string of the molecule is Cc1cccc(NC(=O)NC2(CO)CCOC2)n1. The largest absolute Gasteiger partial charge is 0.394 e. The Hall–Kier alpha value is -1.66. The lowest BCUT2D eigenvalue weighted by molar-refractivity contribution is 0.126. The number of hydrogen-bond acceptors (Lipinski definition) is 4. The Morgan fingerprint density at radius 1 is 1.61 bits per heavy atom. The second-order valence-corrected chi connectivity index (χ2v) is 4.48. The van der Waals surface area contributed by atoms with Gasteiger partial charge in [-0.1, -0.05) is 6.07 Å². The van der Waals surface area contributed by atoms with Gasteiger partial charge in [0.05, 0.1) is 18.8 Å². The van der Waals surface area contributed by atoms with Crippen molar-refractivity contribution >= 4 is 11.8 Å². The molecule has 2 heterocycles. The molecule has 2 amide bonds. The van der Waals surface area contributed by atoms with E-state index in [1.165, 1.54) is 0 Å². The topological polar surface area (TPSA) is 83.5 Å². The maximum absolute atomic E-state index is 11.8. The molecule has 0 aromatic carbocycles. The van der Waals surface area contributed by atoms with Crippen LogP contribution in [0.5, 0.6) is 0 Å². The number of aryl methyl sites for hydroxylation is 1. The van der Waals surface area contributed by atoms with Crippen LogP contribution in [0.25, 0.3) is 0 Å². The number of aliphatic hydroxyl groups is 1. The van der Waals surface area contributed by atoms with Gasteiger partial charge in [-0.05, 0) is 25.5 Å². The van der Waals surface area contributed by atoms with Crippen molar-refractivity contribution in [2.75, 3.05) is 25.1 Å². The normalized spacial score (nSPS) is 22.8. The number of nitrogens with one attached hydrogen (secondary N) is 2. The van der Waals surface area contributed by atoms with Crippen LogP contribution in [-0.4, -0.2) is 41.5 Å². The van der Waals surface area contributed by atoms with Gasteiger partial charge in [0.25, 0.3) is 0 Å². The number of carbonyl (C=O) groups excluding carboxylic acids is 1. The molecule has 98 valence electrons. The van der Waals surface area contributed by atoms with Gasteiger partial charge in [-0.15, -0.1) is 0 Å². The van der Waals surface area contributed by atoms with Crippen molar-refractivity contribution in [3.8, 4) is 0 Å². The highest BCUT2D eigenvalue weighted by Gasteiger charge is 2.35. The average Bonchev–Trinajstić information content (AvgIpc) is 2.78. The Balaban J connectivity index is 1.96. The Morgan fingerprint density at radius 3 is 3.06 bits per heavy atom. The van der Waals surface area contributed by atoms with Gasteiger partial charge in [0.1, 0.15) is 5.82 Å². The smallest absolute Gasteiger partial charge is 0.320 e. The van der Waals surface area contributed by atoms with Crippen molar-refractivity contribution in [3.05, 3.63) is 23.9 Å². The zero-order valence-electron chi connectivity index (χ0n) is 10.3. The summed E-state index contributed by atoms with van der Waals surface area (Å²) in [7, 11) is 0. The van der Waals surface area contributed by atoms with E-state index in [0.29, 0.717) is 25.5 Å². The highest BCUT2D eigenvalue weighted by molar-refractivity contribution is 5.88. The van der Waals surface area contributed by atoms with Gasteiger partial charge in [0.15, 0.2) is 0 Å². The Labute approximate surface area is 105 Å². The molecular weight excluding hydrogens is 234 g/mol. The molecule has 1 fully saturated rings. The number of urea groups is 1. The number of ether oxygens (including phenoxy) is 1. The van der Waals surface area contributed by atoms with Crippen molar-refractivity contribution in [1.82, 2.24) is 10.3 Å². The number of pyridine rings is 1. The minimum atomic E-state index is -0.673. The lowest BCUT2D eigenvalue weighted by Crippen LogP contribution is -2.53. The van der Waals surface area contributed by atoms with Crippen LogP contribution in [0, 0.1) is 6.92 Å². The second-order valence-electron chi connectivity index (χ2n) is 4.48. The predicted molar refractivity (Wildman–Crippen MR) is 66.4 cm³/mol. The van der Waals surface area contributed by atoms with Crippen molar-refractivity contribution < 1.29 is 14.6 Å². The molecule has 6 nitrogen and oxygen atoms in total. The molecule has 0 aliphatic carbocycles. The Kier molecular flexibility index (Phi) is 3.78. The first-order valence-corrected chi connectivity index (χ1v) is 5.85. The van der Waals surface area contributed by atoms with E-state index < -0.39 is 5.54 Å². The number of carbonyl (C=O) groups is 1. The van der Waals surface area contributed by atoms with E-state index in [9.17, 15) is 9.90 Å². The number of rotatable bonds is 3. The molecule has 1 unspecified atom stereocenters.